The monoisotopic (exact) mass is 544 g/mol. The van der Waals surface area contributed by atoms with Crippen LogP contribution in [0.25, 0.3) is 23.0 Å². The van der Waals surface area contributed by atoms with Gasteiger partial charge >= 0.3 is 0 Å². The van der Waals surface area contributed by atoms with Crippen molar-refractivity contribution in [1.82, 2.24) is 24.2 Å². The number of carbonyl (C=O) groups excluding carboxylic acids is 2. The standard InChI is InChI=1S/C28H28N6O4S/c1-39(37,38)23-10-8-22(9-11-23)27-28(34-14-13-29-19-24(34)31-27)30-20-26(36)33-17-15-32(16-18-33)25(35)12-7-21-5-3-2-4-6-21/h2-14,19,30H,15-18,20H2,1H3. The zero-order valence-corrected chi connectivity index (χ0v) is 22.2. The number of nitrogens with one attached hydrogen (secondary N) is 1. The SMILES string of the molecule is CS(=O)(=O)c1ccc(-c2nc3cnccn3c2NCC(=O)N2CCN(C(=O)C=Cc3ccccc3)CC2)cc1. The predicted molar refractivity (Wildman–Crippen MR) is 149 cm³/mol. The van der Waals surface area contributed by atoms with E-state index < -0.39 is 9.84 Å². The number of benzene rings is 2. The second-order valence-electron chi connectivity index (χ2n) is 9.21. The van der Waals surface area contributed by atoms with E-state index in [-0.39, 0.29) is 23.3 Å². The quantitative estimate of drug-likeness (QED) is 0.356. The summed E-state index contributed by atoms with van der Waals surface area (Å²) in [5.41, 5.74) is 2.83. The Balaban J connectivity index is 1.24. The second kappa shape index (κ2) is 11.1. The van der Waals surface area contributed by atoms with Gasteiger partial charge in [0.2, 0.25) is 11.8 Å². The molecule has 0 radical (unpaired) electrons. The largest absolute Gasteiger partial charge is 0.360 e. The van der Waals surface area contributed by atoms with Gasteiger partial charge in [0.05, 0.1) is 17.6 Å². The first-order valence-electron chi connectivity index (χ1n) is 12.5. The van der Waals surface area contributed by atoms with Crippen molar-refractivity contribution in [2.75, 3.05) is 44.3 Å². The molecule has 1 fully saturated rings. The number of aromatic nitrogens is 3. The molecule has 1 aliphatic heterocycles. The molecule has 0 atom stereocenters. The topological polar surface area (TPSA) is 117 Å². The summed E-state index contributed by atoms with van der Waals surface area (Å²) in [6.45, 7) is 1.85. The number of anilines is 1. The maximum absolute atomic E-state index is 13.1. The summed E-state index contributed by atoms with van der Waals surface area (Å²) in [7, 11) is -3.33. The maximum atomic E-state index is 13.1. The van der Waals surface area contributed by atoms with Crippen molar-refractivity contribution in [1.29, 1.82) is 0 Å². The molecular formula is C28H28N6O4S. The van der Waals surface area contributed by atoms with Crippen molar-refractivity contribution >= 4 is 39.2 Å². The zero-order chi connectivity index (χ0) is 27.4. The maximum Gasteiger partial charge on any atom is 0.246 e. The number of carbonyl (C=O) groups is 2. The Kier molecular flexibility index (Phi) is 7.42. The Labute approximate surface area is 226 Å². The fourth-order valence-corrected chi connectivity index (χ4v) is 5.05. The van der Waals surface area contributed by atoms with Gasteiger partial charge in [-0.05, 0) is 23.8 Å². The first-order valence-corrected chi connectivity index (χ1v) is 14.3. The first kappa shape index (κ1) is 26.1. The Morgan fingerprint density at radius 3 is 2.36 bits per heavy atom. The highest BCUT2D eigenvalue weighted by molar-refractivity contribution is 7.90. The number of imidazole rings is 1. The molecule has 10 nitrogen and oxygen atoms in total. The van der Waals surface area contributed by atoms with Gasteiger partial charge in [-0.25, -0.2) is 13.4 Å². The van der Waals surface area contributed by atoms with Gasteiger partial charge in [-0.2, -0.15) is 0 Å². The van der Waals surface area contributed by atoms with Gasteiger partial charge in [0, 0.05) is 56.5 Å². The third kappa shape index (κ3) is 5.99. The molecule has 0 spiro atoms. The fraction of sp³-hybridized carbons (Fsp3) is 0.214. The first-order chi connectivity index (χ1) is 18.8. The molecule has 0 unspecified atom stereocenters. The summed E-state index contributed by atoms with van der Waals surface area (Å²) in [6, 6.07) is 16.1. The lowest BCUT2D eigenvalue weighted by atomic mass is 10.1. The Morgan fingerprint density at radius 1 is 0.974 bits per heavy atom. The van der Waals surface area contributed by atoms with Crippen LogP contribution in [-0.2, 0) is 19.4 Å². The molecular weight excluding hydrogens is 516 g/mol. The van der Waals surface area contributed by atoms with Gasteiger partial charge in [0.25, 0.3) is 0 Å². The van der Waals surface area contributed by atoms with Gasteiger partial charge in [-0.1, -0.05) is 42.5 Å². The molecule has 4 aromatic rings. The van der Waals surface area contributed by atoms with Crippen LogP contribution in [0.4, 0.5) is 5.82 Å². The molecule has 3 heterocycles. The van der Waals surface area contributed by atoms with Crippen LogP contribution in [0.1, 0.15) is 5.56 Å². The molecule has 1 aliphatic rings. The van der Waals surface area contributed by atoms with Crippen molar-refractivity contribution in [2.24, 2.45) is 0 Å². The highest BCUT2D eigenvalue weighted by atomic mass is 32.2. The minimum Gasteiger partial charge on any atom is -0.360 e. The van der Waals surface area contributed by atoms with E-state index in [0.29, 0.717) is 48.9 Å². The molecule has 39 heavy (non-hydrogen) atoms. The van der Waals surface area contributed by atoms with Crippen molar-refractivity contribution in [3.05, 3.63) is 84.8 Å². The molecule has 0 bridgehead atoms. The lowest BCUT2D eigenvalue weighted by Gasteiger charge is -2.34. The minimum atomic E-state index is -3.33. The highest BCUT2D eigenvalue weighted by Gasteiger charge is 2.24. The third-order valence-corrected chi connectivity index (χ3v) is 7.68. The van der Waals surface area contributed by atoms with Crippen molar-refractivity contribution in [3.8, 4) is 11.3 Å². The van der Waals surface area contributed by atoms with Crippen LogP contribution in [0.2, 0.25) is 0 Å². The highest BCUT2D eigenvalue weighted by Crippen LogP contribution is 2.29. The second-order valence-corrected chi connectivity index (χ2v) is 11.2. The fourth-order valence-electron chi connectivity index (χ4n) is 4.42. The number of piperazine rings is 1. The minimum absolute atomic E-state index is 0.0341. The smallest absolute Gasteiger partial charge is 0.246 e. The summed E-state index contributed by atoms with van der Waals surface area (Å²) in [5.74, 6) is 0.437. The number of hydrogen-bond donors (Lipinski definition) is 1. The van der Waals surface area contributed by atoms with E-state index in [9.17, 15) is 18.0 Å². The van der Waals surface area contributed by atoms with E-state index in [0.717, 1.165) is 11.8 Å². The van der Waals surface area contributed by atoms with Gasteiger partial charge in [-0.3, -0.25) is 19.0 Å². The predicted octanol–water partition coefficient (Wildman–Crippen LogP) is 2.60. The molecule has 5 rings (SSSR count). The zero-order valence-electron chi connectivity index (χ0n) is 21.4. The molecule has 0 aliphatic carbocycles. The molecule has 1 saturated heterocycles. The molecule has 2 amide bonds. The van der Waals surface area contributed by atoms with Crippen LogP contribution in [0.15, 0.2) is 84.2 Å². The summed E-state index contributed by atoms with van der Waals surface area (Å²) >= 11 is 0. The van der Waals surface area contributed by atoms with Crippen molar-refractivity contribution in [3.63, 3.8) is 0 Å². The van der Waals surface area contributed by atoms with Crippen LogP contribution in [0.3, 0.4) is 0 Å². The van der Waals surface area contributed by atoms with Crippen LogP contribution in [0, 0.1) is 0 Å². The van der Waals surface area contributed by atoms with E-state index in [1.807, 2.05) is 30.3 Å². The third-order valence-electron chi connectivity index (χ3n) is 6.56. The van der Waals surface area contributed by atoms with Crippen LogP contribution in [-0.4, -0.2) is 83.4 Å². The van der Waals surface area contributed by atoms with E-state index in [4.69, 9.17) is 0 Å². The average Bonchev–Trinajstić information content (AvgIpc) is 3.33. The lowest BCUT2D eigenvalue weighted by Crippen LogP contribution is -2.51. The Bertz CT molecular complexity index is 1620. The molecule has 2 aromatic carbocycles. The van der Waals surface area contributed by atoms with Crippen LogP contribution < -0.4 is 5.32 Å². The number of sulfone groups is 1. The molecule has 200 valence electrons. The van der Waals surface area contributed by atoms with Gasteiger partial charge in [0.15, 0.2) is 15.5 Å². The molecule has 11 heteroatoms. The number of nitrogens with zero attached hydrogens (tertiary/aromatic N) is 5. The van der Waals surface area contributed by atoms with Crippen LogP contribution >= 0.6 is 0 Å². The van der Waals surface area contributed by atoms with E-state index in [2.05, 4.69) is 15.3 Å². The van der Waals surface area contributed by atoms with E-state index in [1.165, 1.54) is 12.1 Å². The summed E-state index contributed by atoms with van der Waals surface area (Å²) < 4.78 is 25.5. The number of hydrogen-bond acceptors (Lipinski definition) is 7. The molecule has 2 aromatic heterocycles. The Morgan fingerprint density at radius 2 is 1.67 bits per heavy atom. The summed E-state index contributed by atoms with van der Waals surface area (Å²) in [4.78, 5) is 38.1. The summed E-state index contributed by atoms with van der Waals surface area (Å²) in [5, 5.41) is 3.22. The molecule has 0 saturated carbocycles. The van der Waals surface area contributed by atoms with Crippen molar-refractivity contribution < 1.29 is 18.0 Å². The number of fused-ring (bicyclic) bond motifs is 1. The number of amides is 2. The normalized spacial score (nSPS) is 14.2. The summed E-state index contributed by atoms with van der Waals surface area (Å²) in [6.07, 6.45) is 9.51. The molecule has 1 N–H and O–H groups in total. The van der Waals surface area contributed by atoms with E-state index >= 15 is 0 Å². The van der Waals surface area contributed by atoms with Gasteiger partial charge < -0.3 is 15.1 Å². The lowest BCUT2D eigenvalue weighted by molar-refractivity contribution is -0.135. The van der Waals surface area contributed by atoms with Crippen molar-refractivity contribution in [2.45, 2.75) is 4.90 Å². The average molecular weight is 545 g/mol. The van der Waals surface area contributed by atoms with Crippen LogP contribution in [0.5, 0.6) is 0 Å². The van der Waals surface area contributed by atoms with Gasteiger partial charge in [-0.15, -0.1) is 0 Å². The Hall–Kier alpha value is -4.51. The van der Waals surface area contributed by atoms with Gasteiger partial charge in [0.1, 0.15) is 11.5 Å². The van der Waals surface area contributed by atoms with E-state index in [1.54, 1.807) is 57.1 Å². The number of rotatable bonds is 7.